The zero-order valence-corrected chi connectivity index (χ0v) is 18.5. The van der Waals surface area contributed by atoms with E-state index in [-0.39, 0.29) is 23.5 Å². The second-order valence-corrected chi connectivity index (χ2v) is 10.0. The zero-order valence-electron chi connectivity index (χ0n) is 17.7. The molecule has 2 aromatic rings. The summed E-state index contributed by atoms with van der Waals surface area (Å²) in [5.74, 6) is 0.212. The van der Waals surface area contributed by atoms with Gasteiger partial charge in [0.1, 0.15) is 12.7 Å². The molecule has 0 radical (unpaired) electrons. The second-order valence-electron chi connectivity index (χ2n) is 8.16. The summed E-state index contributed by atoms with van der Waals surface area (Å²) in [7, 11) is -2.06. The second kappa shape index (κ2) is 8.11. The van der Waals surface area contributed by atoms with Gasteiger partial charge in [0.15, 0.2) is 21.0 Å². The van der Waals surface area contributed by atoms with Crippen LogP contribution in [-0.4, -0.2) is 39.8 Å². The number of aromatic nitrogens is 2. The molecule has 10 nitrogen and oxygen atoms in total. The summed E-state index contributed by atoms with van der Waals surface area (Å²) in [6, 6.07) is 1.50. The van der Waals surface area contributed by atoms with Crippen molar-refractivity contribution >= 4 is 21.6 Å². The van der Waals surface area contributed by atoms with Crippen LogP contribution in [0.25, 0.3) is 0 Å². The number of nitriles is 1. The smallest absolute Gasteiger partial charge is 0.355 e. The van der Waals surface area contributed by atoms with Gasteiger partial charge in [-0.3, -0.25) is 0 Å². The Morgan fingerprint density at radius 3 is 2.69 bits per heavy atom. The van der Waals surface area contributed by atoms with Gasteiger partial charge in [-0.15, -0.1) is 4.36 Å². The third-order valence-corrected chi connectivity index (χ3v) is 7.94. The molecular weight excluding hydrogens is 432 g/mol. The first-order valence-corrected chi connectivity index (χ1v) is 12.2. The highest BCUT2D eigenvalue weighted by atomic mass is 32.2. The van der Waals surface area contributed by atoms with E-state index >= 15 is 0 Å². The molecule has 0 saturated heterocycles. The molecule has 1 aliphatic heterocycles. The summed E-state index contributed by atoms with van der Waals surface area (Å²) in [6.07, 6.45) is 8.67. The fourth-order valence-corrected chi connectivity index (χ4v) is 6.03. The third-order valence-electron chi connectivity index (χ3n) is 6.27. The van der Waals surface area contributed by atoms with E-state index in [4.69, 9.17) is 9.47 Å². The average Bonchev–Trinajstić information content (AvgIpc) is 3.52. The van der Waals surface area contributed by atoms with E-state index in [0.717, 1.165) is 55.3 Å². The molecule has 1 aromatic carbocycles. The van der Waals surface area contributed by atoms with Crippen molar-refractivity contribution < 1.29 is 18.5 Å². The van der Waals surface area contributed by atoms with Gasteiger partial charge in [0, 0.05) is 12.8 Å². The number of rotatable bonds is 4. The van der Waals surface area contributed by atoms with Gasteiger partial charge in [-0.05, 0) is 60.8 Å². The predicted octanol–water partition coefficient (Wildman–Crippen LogP) is 2.31. The fourth-order valence-electron chi connectivity index (χ4n) is 4.79. The molecule has 2 N–H and O–H groups in total. The summed E-state index contributed by atoms with van der Waals surface area (Å²) in [4.78, 5) is 13.0. The summed E-state index contributed by atoms with van der Waals surface area (Å²) >= 11 is 0. The van der Waals surface area contributed by atoms with Crippen LogP contribution in [0.15, 0.2) is 21.5 Å². The molecule has 5 rings (SSSR count). The van der Waals surface area contributed by atoms with Gasteiger partial charge >= 0.3 is 6.03 Å². The number of urea groups is 1. The van der Waals surface area contributed by atoms with Crippen molar-refractivity contribution in [3.63, 3.8) is 0 Å². The summed E-state index contributed by atoms with van der Waals surface area (Å²) in [5, 5.41) is 16.3. The number of aryl methyl sites for hydroxylation is 2. The number of ether oxygens (including phenoxy) is 2. The van der Waals surface area contributed by atoms with Crippen LogP contribution in [-0.2, 0) is 46.9 Å². The quantitative estimate of drug-likeness (QED) is 0.536. The van der Waals surface area contributed by atoms with Crippen molar-refractivity contribution in [1.82, 2.24) is 14.5 Å². The molecule has 11 heteroatoms. The summed E-state index contributed by atoms with van der Waals surface area (Å²) in [6.45, 7) is 0.647. The molecule has 2 atom stereocenters. The van der Waals surface area contributed by atoms with Crippen molar-refractivity contribution in [2.45, 2.75) is 56.1 Å². The molecule has 0 spiro atoms. The number of carbonyl (C=O) groups is 1. The number of nitrogens with zero attached hydrogens (tertiary/aromatic N) is 4. The lowest BCUT2D eigenvalue weighted by Crippen LogP contribution is -2.32. The number of benzene rings is 1. The predicted molar refractivity (Wildman–Crippen MR) is 116 cm³/mol. The molecule has 2 aliphatic carbocycles. The SMILES string of the molecule is CO[C@H]1COc2c([S@@](=O)(=NC(=O)Nc3c4c(cc5c3CCC5)CCC4)NC#N)cnn2C1. The van der Waals surface area contributed by atoms with Crippen LogP contribution in [0.2, 0.25) is 0 Å². The summed E-state index contributed by atoms with van der Waals surface area (Å²) in [5.41, 5.74) is 5.63. The minimum Gasteiger partial charge on any atom is -0.474 e. The van der Waals surface area contributed by atoms with Gasteiger partial charge in [0.2, 0.25) is 5.88 Å². The molecule has 168 valence electrons. The van der Waals surface area contributed by atoms with Crippen LogP contribution < -0.4 is 14.8 Å². The Balaban J connectivity index is 1.50. The molecule has 32 heavy (non-hydrogen) atoms. The first kappa shape index (κ1) is 20.8. The van der Waals surface area contributed by atoms with Gasteiger partial charge in [0.25, 0.3) is 0 Å². The van der Waals surface area contributed by atoms with Crippen molar-refractivity contribution in [2.75, 3.05) is 19.0 Å². The minimum absolute atomic E-state index is 0.0623. The Kier molecular flexibility index (Phi) is 5.27. The van der Waals surface area contributed by atoms with Crippen LogP contribution in [0.1, 0.15) is 35.1 Å². The van der Waals surface area contributed by atoms with Gasteiger partial charge < -0.3 is 14.8 Å². The number of methoxy groups -OCH3 is 1. The first-order chi connectivity index (χ1) is 15.5. The van der Waals surface area contributed by atoms with Crippen LogP contribution in [0.4, 0.5) is 10.5 Å². The minimum atomic E-state index is -3.63. The Labute approximate surface area is 186 Å². The number of hydrogen-bond acceptors (Lipinski definition) is 6. The lowest BCUT2D eigenvalue weighted by atomic mass is 9.99. The highest BCUT2D eigenvalue weighted by molar-refractivity contribution is 7.92. The number of anilines is 1. The topological polar surface area (TPSA) is 131 Å². The Morgan fingerprint density at radius 1 is 1.31 bits per heavy atom. The van der Waals surface area contributed by atoms with E-state index < -0.39 is 15.9 Å². The molecule has 0 saturated carbocycles. The number of carbonyl (C=O) groups excluding carboxylic acids is 1. The van der Waals surface area contributed by atoms with Crippen molar-refractivity contribution in [3.05, 3.63) is 34.5 Å². The highest BCUT2D eigenvalue weighted by Gasteiger charge is 2.30. The standard InChI is InChI=1S/C21H24N6O4S/c1-30-15-10-27-20(31-11-15)18(9-23-27)32(29,24-12-22)26-21(28)25-19-16-6-2-4-13(16)8-14-5-3-7-17(14)19/h8-9,15H,2-7,10-11H2,1H3,(H2,24,25,26,28,29)/t15-,32+/m1/s1. The monoisotopic (exact) mass is 456 g/mol. The lowest BCUT2D eigenvalue weighted by Gasteiger charge is -2.23. The molecule has 3 aliphatic rings. The van der Waals surface area contributed by atoms with Gasteiger partial charge in [-0.2, -0.15) is 10.4 Å². The molecule has 1 aromatic heterocycles. The Morgan fingerprint density at radius 2 is 2.03 bits per heavy atom. The zero-order chi connectivity index (χ0) is 22.3. The normalized spacial score (nSPS) is 20.2. The number of fused-ring (bicyclic) bond motifs is 3. The van der Waals surface area contributed by atoms with Gasteiger partial charge in [-0.25, -0.2) is 18.4 Å². The summed E-state index contributed by atoms with van der Waals surface area (Å²) < 4.78 is 32.2. The number of nitrogens with one attached hydrogen (secondary N) is 2. The lowest BCUT2D eigenvalue weighted by molar-refractivity contribution is 0.0165. The highest BCUT2D eigenvalue weighted by Crippen LogP contribution is 2.39. The van der Waals surface area contributed by atoms with Crippen LogP contribution in [0, 0.1) is 11.5 Å². The number of hydrogen-bond donors (Lipinski definition) is 2. The van der Waals surface area contributed by atoms with Crippen molar-refractivity contribution in [1.29, 1.82) is 5.26 Å². The molecule has 2 heterocycles. The van der Waals surface area contributed by atoms with E-state index in [1.54, 1.807) is 13.3 Å². The van der Waals surface area contributed by atoms with Crippen molar-refractivity contribution in [3.8, 4) is 12.1 Å². The van der Waals surface area contributed by atoms with E-state index in [0.29, 0.717) is 6.54 Å². The Hall–Kier alpha value is -3.10. The first-order valence-electron chi connectivity index (χ1n) is 10.6. The van der Waals surface area contributed by atoms with Crippen LogP contribution in [0.5, 0.6) is 5.88 Å². The van der Waals surface area contributed by atoms with Crippen LogP contribution in [0.3, 0.4) is 0 Å². The van der Waals surface area contributed by atoms with E-state index in [1.807, 2.05) is 0 Å². The largest absolute Gasteiger partial charge is 0.474 e. The maximum absolute atomic E-state index is 13.6. The van der Waals surface area contributed by atoms with Gasteiger partial charge in [0.05, 0.1) is 12.7 Å². The van der Waals surface area contributed by atoms with Gasteiger partial charge in [-0.1, -0.05) is 6.07 Å². The van der Waals surface area contributed by atoms with E-state index in [2.05, 4.69) is 25.6 Å². The Bertz CT molecular complexity index is 1220. The molecule has 2 amide bonds. The molecular formula is C21H24N6O4S. The van der Waals surface area contributed by atoms with Crippen LogP contribution >= 0.6 is 0 Å². The molecule has 0 unspecified atom stereocenters. The van der Waals surface area contributed by atoms with Crippen molar-refractivity contribution in [2.24, 2.45) is 4.36 Å². The van der Waals surface area contributed by atoms with E-state index in [1.165, 1.54) is 22.0 Å². The number of amides is 2. The maximum Gasteiger partial charge on any atom is 0.355 e. The maximum atomic E-state index is 13.6. The molecule has 0 fully saturated rings. The average molecular weight is 457 g/mol. The molecule has 0 bridgehead atoms. The fraction of sp³-hybridized carbons (Fsp3) is 0.476. The third kappa shape index (κ3) is 3.49. The van der Waals surface area contributed by atoms with E-state index in [9.17, 15) is 14.3 Å².